The predicted octanol–water partition coefficient (Wildman–Crippen LogP) is 2.96. The number of carbonyl (C=O) groups excluding carboxylic acids is 1. The Morgan fingerprint density at radius 2 is 2.04 bits per heavy atom. The van der Waals surface area contributed by atoms with Crippen LogP contribution >= 0.6 is 0 Å². The van der Waals surface area contributed by atoms with Gasteiger partial charge in [0.05, 0.1) is 19.9 Å². The standard InChI is InChI=1S/C19H21N5O3/c1-24-16(11-4-5-11)9-15(23-24)19(25)20-18-10-14(21-22-18)13-7-6-12(26-2)8-17(13)27-3/h6-11H,4-5H2,1-3H3,(H2,20,21,22,25). The number of H-pyrrole nitrogens is 1. The lowest BCUT2D eigenvalue weighted by Crippen LogP contribution is -2.13. The molecule has 1 aromatic carbocycles. The number of nitrogens with zero attached hydrogens (tertiary/aromatic N) is 3. The van der Waals surface area contributed by atoms with E-state index in [4.69, 9.17) is 9.47 Å². The third-order valence-corrected chi connectivity index (χ3v) is 4.66. The molecule has 1 aliphatic rings. The number of hydrogen-bond acceptors (Lipinski definition) is 5. The van der Waals surface area contributed by atoms with Gasteiger partial charge in [0.15, 0.2) is 11.5 Å². The number of rotatable bonds is 6. The molecule has 140 valence electrons. The van der Waals surface area contributed by atoms with Crippen molar-refractivity contribution in [2.75, 3.05) is 19.5 Å². The van der Waals surface area contributed by atoms with E-state index in [2.05, 4.69) is 20.6 Å². The summed E-state index contributed by atoms with van der Waals surface area (Å²) in [6.07, 6.45) is 2.32. The van der Waals surface area contributed by atoms with Crippen LogP contribution in [0, 0.1) is 0 Å². The molecule has 0 aliphatic heterocycles. The van der Waals surface area contributed by atoms with E-state index >= 15 is 0 Å². The Kier molecular flexibility index (Phi) is 4.31. The lowest BCUT2D eigenvalue weighted by Gasteiger charge is -2.08. The second-order valence-corrected chi connectivity index (χ2v) is 6.54. The Morgan fingerprint density at radius 3 is 2.74 bits per heavy atom. The molecule has 0 unspecified atom stereocenters. The number of ether oxygens (including phenoxy) is 2. The van der Waals surface area contributed by atoms with Crippen LogP contribution in [-0.2, 0) is 7.05 Å². The fourth-order valence-electron chi connectivity index (χ4n) is 3.08. The van der Waals surface area contributed by atoms with Gasteiger partial charge in [0.25, 0.3) is 5.91 Å². The summed E-state index contributed by atoms with van der Waals surface area (Å²) in [4.78, 5) is 12.5. The van der Waals surface area contributed by atoms with Crippen LogP contribution in [0.15, 0.2) is 30.3 Å². The highest BCUT2D eigenvalue weighted by molar-refractivity contribution is 6.02. The van der Waals surface area contributed by atoms with Crippen LogP contribution < -0.4 is 14.8 Å². The maximum absolute atomic E-state index is 12.5. The largest absolute Gasteiger partial charge is 0.497 e. The van der Waals surface area contributed by atoms with Gasteiger partial charge in [0.2, 0.25) is 0 Å². The van der Waals surface area contributed by atoms with Crippen molar-refractivity contribution in [2.24, 2.45) is 7.05 Å². The molecular weight excluding hydrogens is 346 g/mol. The average molecular weight is 367 g/mol. The zero-order chi connectivity index (χ0) is 19.0. The van der Waals surface area contributed by atoms with Gasteiger partial charge in [0, 0.05) is 36.4 Å². The molecule has 0 spiro atoms. The number of aromatic nitrogens is 4. The van der Waals surface area contributed by atoms with E-state index in [-0.39, 0.29) is 5.91 Å². The minimum Gasteiger partial charge on any atom is -0.497 e. The first-order valence-electron chi connectivity index (χ1n) is 8.72. The molecule has 0 bridgehead atoms. The van der Waals surface area contributed by atoms with Gasteiger partial charge in [-0.05, 0) is 31.0 Å². The second-order valence-electron chi connectivity index (χ2n) is 6.54. The van der Waals surface area contributed by atoms with E-state index in [0.717, 1.165) is 29.8 Å². The van der Waals surface area contributed by atoms with E-state index in [1.807, 2.05) is 25.2 Å². The molecule has 4 rings (SSSR count). The molecule has 3 aromatic rings. The molecule has 2 N–H and O–H groups in total. The summed E-state index contributed by atoms with van der Waals surface area (Å²) in [5, 5.41) is 14.2. The Balaban J connectivity index is 1.53. The van der Waals surface area contributed by atoms with Gasteiger partial charge in [-0.3, -0.25) is 14.6 Å². The smallest absolute Gasteiger partial charge is 0.277 e. The van der Waals surface area contributed by atoms with E-state index in [0.29, 0.717) is 28.9 Å². The number of anilines is 1. The third-order valence-electron chi connectivity index (χ3n) is 4.66. The van der Waals surface area contributed by atoms with E-state index in [1.165, 1.54) is 0 Å². The van der Waals surface area contributed by atoms with Gasteiger partial charge < -0.3 is 14.8 Å². The molecule has 0 saturated heterocycles. The zero-order valence-electron chi connectivity index (χ0n) is 15.4. The molecule has 1 amide bonds. The van der Waals surface area contributed by atoms with Gasteiger partial charge in [-0.1, -0.05) is 0 Å². The molecule has 2 heterocycles. The molecule has 27 heavy (non-hydrogen) atoms. The Bertz CT molecular complexity index is 987. The number of nitrogens with one attached hydrogen (secondary N) is 2. The number of benzene rings is 1. The molecule has 1 saturated carbocycles. The summed E-state index contributed by atoms with van der Waals surface area (Å²) in [6, 6.07) is 9.11. The highest BCUT2D eigenvalue weighted by Crippen LogP contribution is 2.40. The normalized spacial score (nSPS) is 13.4. The minimum atomic E-state index is -0.280. The molecule has 1 fully saturated rings. The minimum absolute atomic E-state index is 0.280. The van der Waals surface area contributed by atoms with E-state index in [9.17, 15) is 4.79 Å². The number of carbonyl (C=O) groups is 1. The summed E-state index contributed by atoms with van der Waals surface area (Å²) in [5.74, 6) is 2.02. The number of aryl methyl sites for hydroxylation is 1. The quantitative estimate of drug-likeness (QED) is 0.699. The van der Waals surface area contributed by atoms with Crippen LogP contribution in [0.1, 0.15) is 34.9 Å². The number of aromatic amines is 1. The van der Waals surface area contributed by atoms with Crippen molar-refractivity contribution in [1.82, 2.24) is 20.0 Å². The number of methoxy groups -OCH3 is 2. The summed E-state index contributed by atoms with van der Waals surface area (Å²) < 4.78 is 12.4. The summed E-state index contributed by atoms with van der Waals surface area (Å²) >= 11 is 0. The molecule has 8 nitrogen and oxygen atoms in total. The van der Waals surface area contributed by atoms with Crippen LogP contribution in [0.5, 0.6) is 11.5 Å². The topological polar surface area (TPSA) is 94.1 Å². The van der Waals surface area contributed by atoms with Crippen molar-refractivity contribution in [1.29, 1.82) is 0 Å². The van der Waals surface area contributed by atoms with Gasteiger partial charge in [-0.25, -0.2) is 0 Å². The zero-order valence-corrected chi connectivity index (χ0v) is 15.4. The first kappa shape index (κ1) is 17.1. The van der Waals surface area contributed by atoms with E-state index in [1.54, 1.807) is 31.0 Å². The van der Waals surface area contributed by atoms with Crippen molar-refractivity contribution in [3.8, 4) is 22.8 Å². The number of hydrogen-bond donors (Lipinski definition) is 2. The van der Waals surface area contributed by atoms with Crippen molar-refractivity contribution < 1.29 is 14.3 Å². The summed E-state index contributed by atoms with van der Waals surface area (Å²) in [5.41, 5.74) is 3.04. The molecule has 0 atom stereocenters. The van der Waals surface area contributed by atoms with E-state index < -0.39 is 0 Å². The molecular formula is C19H21N5O3. The van der Waals surface area contributed by atoms with Crippen LogP contribution in [0.3, 0.4) is 0 Å². The third kappa shape index (κ3) is 3.38. The maximum Gasteiger partial charge on any atom is 0.277 e. The van der Waals surface area contributed by atoms with Crippen molar-refractivity contribution in [3.63, 3.8) is 0 Å². The predicted molar refractivity (Wildman–Crippen MR) is 100 cm³/mol. The van der Waals surface area contributed by atoms with Crippen molar-refractivity contribution >= 4 is 11.7 Å². The SMILES string of the molecule is COc1ccc(-c2cc(NC(=O)c3cc(C4CC4)n(C)n3)n[nH]2)c(OC)c1. The molecule has 2 aromatic heterocycles. The monoisotopic (exact) mass is 367 g/mol. The molecule has 8 heteroatoms. The lowest BCUT2D eigenvalue weighted by atomic mass is 10.1. The molecule has 1 aliphatic carbocycles. The molecule has 0 radical (unpaired) electrons. The van der Waals surface area contributed by atoms with Gasteiger partial charge in [-0.15, -0.1) is 0 Å². The Labute approximate surface area is 156 Å². The maximum atomic E-state index is 12.5. The van der Waals surface area contributed by atoms with Gasteiger partial charge in [-0.2, -0.15) is 10.2 Å². The number of amides is 1. The fraction of sp³-hybridized carbons (Fsp3) is 0.316. The average Bonchev–Trinajstić information content (AvgIpc) is 3.29. The Hall–Kier alpha value is -3.29. The Morgan fingerprint density at radius 1 is 1.22 bits per heavy atom. The first-order valence-corrected chi connectivity index (χ1v) is 8.72. The summed E-state index contributed by atoms with van der Waals surface area (Å²) in [6.45, 7) is 0. The summed E-state index contributed by atoms with van der Waals surface area (Å²) in [7, 11) is 5.06. The van der Waals surface area contributed by atoms with Crippen molar-refractivity contribution in [2.45, 2.75) is 18.8 Å². The van der Waals surface area contributed by atoms with Gasteiger partial charge >= 0.3 is 0 Å². The fourth-order valence-corrected chi connectivity index (χ4v) is 3.08. The van der Waals surface area contributed by atoms with Crippen LogP contribution in [0.4, 0.5) is 5.82 Å². The highest BCUT2D eigenvalue weighted by Gasteiger charge is 2.28. The van der Waals surface area contributed by atoms with Crippen LogP contribution in [0.25, 0.3) is 11.3 Å². The van der Waals surface area contributed by atoms with Crippen LogP contribution in [-0.4, -0.2) is 40.1 Å². The van der Waals surface area contributed by atoms with Crippen molar-refractivity contribution in [3.05, 3.63) is 41.7 Å². The highest BCUT2D eigenvalue weighted by atomic mass is 16.5. The second kappa shape index (κ2) is 6.79. The van der Waals surface area contributed by atoms with Gasteiger partial charge in [0.1, 0.15) is 11.5 Å². The first-order chi connectivity index (χ1) is 13.1. The van der Waals surface area contributed by atoms with Crippen LogP contribution in [0.2, 0.25) is 0 Å². The lowest BCUT2D eigenvalue weighted by molar-refractivity contribution is 0.102.